The van der Waals surface area contributed by atoms with Gasteiger partial charge < -0.3 is 16.0 Å². The van der Waals surface area contributed by atoms with E-state index in [-0.39, 0.29) is 5.41 Å². The van der Waals surface area contributed by atoms with E-state index in [0.29, 0.717) is 53.7 Å². The molecule has 0 radical (unpaired) electrons. The van der Waals surface area contributed by atoms with Crippen LogP contribution in [0.1, 0.15) is 78.1 Å². The lowest BCUT2D eigenvalue weighted by Gasteiger charge is -2.50. The van der Waals surface area contributed by atoms with Gasteiger partial charge in [-0.25, -0.2) is 5.01 Å². The maximum atomic E-state index is 12.4. The van der Waals surface area contributed by atoms with Gasteiger partial charge in [0.2, 0.25) is 5.91 Å². The molecule has 3 saturated heterocycles. The number of rotatable bonds is 5. The van der Waals surface area contributed by atoms with E-state index in [1.807, 2.05) is 0 Å². The number of hydrazine groups is 1. The van der Waals surface area contributed by atoms with Crippen LogP contribution in [0.15, 0.2) is 0 Å². The highest BCUT2D eigenvalue weighted by Gasteiger charge is 2.54. The molecule has 0 bridgehead atoms. The number of nitrogens with zero attached hydrogens (tertiary/aromatic N) is 2. The lowest BCUT2D eigenvalue weighted by atomic mass is 9.60. The number of carbonyl (C=O) groups excluding carboxylic acids is 1. The molecular weight excluding hydrogens is 460 g/mol. The fourth-order valence-corrected chi connectivity index (χ4v) is 9.18. The SMILES string of the molecule is CN1NC(C2CCC(C(C)(C)C#N)CC2)C2C3CC(C4CNCC(NC(=O)C5CC5)C4)CCC3NCC21. The first kappa shape index (κ1) is 26.0. The summed E-state index contributed by atoms with van der Waals surface area (Å²) in [7, 11) is 2.27. The summed E-state index contributed by atoms with van der Waals surface area (Å²) in [6.45, 7) is 7.42. The molecule has 6 aliphatic rings. The van der Waals surface area contributed by atoms with E-state index in [9.17, 15) is 10.1 Å². The van der Waals surface area contributed by atoms with Crippen molar-refractivity contribution in [1.82, 2.24) is 26.4 Å². The summed E-state index contributed by atoms with van der Waals surface area (Å²) in [5.74, 6) is 4.73. The van der Waals surface area contributed by atoms with Gasteiger partial charge in [0, 0.05) is 50.2 Å². The highest BCUT2D eigenvalue weighted by Crippen LogP contribution is 2.49. The molecule has 37 heavy (non-hydrogen) atoms. The van der Waals surface area contributed by atoms with Crippen LogP contribution in [0.3, 0.4) is 0 Å². The standard InChI is InChI=1S/C30H50N6O/c1-30(2,17-31)22-9-6-18(7-10-22)28-27-24-13-20(8-11-25(24)33-16-26(27)36(3)35-28)21-12-23(15-32-14-21)34-29(37)19-4-5-19/h18-28,32-33,35H,4-16H2,1-3H3,(H,34,37). The molecule has 1 amide bonds. The van der Waals surface area contributed by atoms with E-state index >= 15 is 0 Å². The van der Waals surface area contributed by atoms with E-state index in [4.69, 9.17) is 0 Å². The first-order valence-corrected chi connectivity index (χ1v) is 15.5. The van der Waals surface area contributed by atoms with Gasteiger partial charge in [-0.1, -0.05) is 0 Å². The Morgan fingerprint density at radius 1 is 0.946 bits per heavy atom. The van der Waals surface area contributed by atoms with Crippen molar-refractivity contribution in [2.24, 2.45) is 46.8 Å². The molecule has 3 aliphatic heterocycles. The van der Waals surface area contributed by atoms with Gasteiger partial charge in [0.25, 0.3) is 0 Å². The summed E-state index contributed by atoms with van der Waals surface area (Å²) in [5.41, 5.74) is 3.77. The molecule has 8 atom stereocenters. The zero-order chi connectivity index (χ0) is 25.7. The molecule has 206 valence electrons. The summed E-state index contributed by atoms with van der Waals surface area (Å²) in [4.78, 5) is 12.4. The zero-order valence-corrected chi connectivity index (χ0v) is 23.3. The number of piperidine rings is 2. The molecule has 8 unspecified atom stereocenters. The number of hydrogen-bond donors (Lipinski definition) is 4. The van der Waals surface area contributed by atoms with E-state index in [1.165, 1.54) is 44.9 Å². The number of amides is 1. The molecule has 0 aromatic rings. The minimum absolute atomic E-state index is 0.201. The highest BCUT2D eigenvalue weighted by molar-refractivity contribution is 5.81. The Morgan fingerprint density at radius 3 is 2.43 bits per heavy atom. The van der Waals surface area contributed by atoms with Crippen LogP contribution in [-0.2, 0) is 4.79 Å². The largest absolute Gasteiger partial charge is 0.352 e. The van der Waals surface area contributed by atoms with Crippen LogP contribution in [-0.4, -0.2) is 61.8 Å². The number of nitriles is 1. The van der Waals surface area contributed by atoms with Gasteiger partial charge in [-0.05, 0) is 120 Å². The Labute approximate surface area is 224 Å². The molecule has 7 nitrogen and oxygen atoms in total. The van der Waals surface area contributed by atoms with Crippen LogP contribution in [0, 0.1) is 58.2 Å². The van der Waals surface area contributed by atoms with Crippen molar-refractivity contribution < 1.29 is 4.79 Å². The molecule has 0 aromatic heterocycles. The molecule has 7 heteroatoms. The molecule has 3 aliphatic carbocycles. The van der Waals surface area contributed by atoms with Crippen molar-refractivity contribution in [2.75, 3.05) is 26.7 Å². The molecule has 0 spiro atoms. The summed E-state index contributed by atoms with van der Waals surface area (Å²) in [6, 6.07) is 4.70. The third-order valence-corrected chi connectivity index (χ3v) is 11.7. The molecule has 0 aromatic carbocycles. The Balaban J connectivity index is 1.12. The molecule has 3 saturated carbocycles. The minimum Gasteiger partial charge on any atom is -0.352 e. The second-order valence-electron chi connectivity index (χ2n) is 14.2. The van der Waals surface area contributed by atoms with Gasteiger partial charge in [-0.3, -0.25) is 10.2 Å². The van der Waals surface area contributed by atoms with Gasteiger partial charge in [0.05, 0.1) is 11.5 Å². The first-order valence-electron chi connectivity index (χ1n) is 15.5. The normalized spacial score (nSPS) is 44.9. The van der Waals surface area contributed by atoms with E-state index in [0.717, 1.165) is 56.7 Å². The van der Waals surface area contributed by atoms with Gasteiger partial charge in [0.15, 0.2) is 0 Å². The van der Waals surface area contributed by atoms with Gasteiger partial charge in [0.1, 0.15) is 0 Å². The van der Waals surface area contributed by atoms with Crippen molar-refractivity contribution in [3.63, 3.8) is 0 Å². The third-order valence-electron chi connectivity index (χ3n) is 11.7. The number of fused-ring (bicyclic) bond motifs is 3. The molecule has 6 fully saturated rings. The fraction of sp³-hybridized carbons (Fsp3) is 0.933. The summed E-state index contributed by atoms with van der Waals surface area (Å²) in [6.07, 6.45) is 12.2. The number of carbonyl (C=O) groups is 1. The zero-order valence-electron chi connectivity index (χ0n) is 23.3. The van der Waals surface area contributed by atoms with Crippen molar-refractivity contribution in [3.8, 4) is 6.07 Å². The number of likely N-dealkylation sites (N-methyl/N-ethyl adjacent to an activating group) is 1. The number of nitrogens with one attached hydrogen (secondary N) is 4. The van der Waals surface area contributed by atoms with Crippen LogP contribution in [0.4, 0.5) is 0 Å². The Kier molecular flexibility index (Phi) is 7.33. The molecule has 4 N–H and O–H groups in total. The lowest BCUT2D eigenvalue weighted by molar-refractivity contribution is -0.123. The van der Waals surface area contributed by atoms with E-state index < -0.39 is 0 Å². The maximum Gasteiger partial charge on any atom is 0.223 e. The predicted molar refractivity (Wildman–Crippen MR) is 145 cm³/mol. The van der Waals surface area contributed by atoms with Crippen LogP contribution in [0.25, 0.3) is 0 Å². The Hall–Kier alpha value is -1.20. The van der Waals surface area contributed by atoms with Crippen molar-refractivity contribution in [2.45, 2.75) is 102 Å². The monoisotopic (exact) mass is 510 g/mol. The van der Waals surface area contributed by atoms with Gasteiger partial charge in [-0.15, -0.1) is 0 Å². The first-order chi connectivity index (χ1) is 17.8. The van der Waals surface area contributed by atoms with Crippen LogP contribution in [0.5, 0.6) is 0 Å². The maximum absolute atomic E-state index is 12.4. The number of hydrogen-bond acceptors (Lipinski definition) is 6. The molecule has 6 rings (SSSR count). The molecule has 3 heterocycles. The van der Waals surface area contributed by atoms with E-state index in [1.54, 1.807) is 0 Å². The van der Waals surface area contributed by atoms with Crippen molar-refractivity contribution in [3.05, 3.63) is 0 Å². The van der Waals surface area contributed by atoms with Crippen LogP contribution < -0.4 is 21.4 Å². The topological polar surface area (TPSA) is 92.2 Å². The quantitative estimate of drug-likeness (QED) is 0.454. The minimum atomic E-state index is -0.201. The summed E-state index contributed by atoms with van der Waals surface area (Å²) >= 11 is 0. The highest BCUT2D eigenvalue weighted by atomic mass is 16.2. The second-order valence-corrected chi connectivity index (χ2v) is 14.2. The van der Waals surface area contributed by atoms with Crippen LogP contribution >= 0.6 is 0 Å². The lowest BCUT2D eigenvalue weighted by Crippen LogP contribution is -2.59. The second kappa shape index (κ2) is 10.4. The van der Waals surface area contributed by atoms with Crippen molar-refractivity contribution in [1.29, 1.82) is 5.26 Å². The van der Waals surface area contributed by atoms with Crippen LogP contribution in [0.2, 0.25) is 0 Å². The predicted octanol–water partition coefficient (Wildman–Crippen LogP) is 3.04. The smallest absolute Gasteiger partial charge is 0.223 e. The van der Waals surface area contributed by atoms with E-state index in [2.05, 4.69) is 53.3 Å². The van der Waals surface area contributed by atoms with Gasteiger partial charge in [-0.2, -0.15) is 5.26 Å². The Morgan fingerprint density at radius 2 is 1.70 bits per heavy atom. The fourth-order valence-electron chi connectivity index (χ4n) is 9.18. The molecular formula is C30H50N6O. The average Bonchev–Trinajstić information content (AvgIpc) is 3.72. The van der Waals surface area contributed by atoms with Crippen molar-refractivity contribution >= 4 is 5.91 Å². The average molecular weight is 511 g/mol. The van der Waals surface area contributed by atoms with Gasteiger partial charge >= 0.3 is 0 Å². The summed E-state index contributed by atoms with van der Waals surface area (Å²) < 4.78 is 0. The summed E-state index contributed by atoms with van der Waals surface area (Å²) in [5, 5.41) is 23.1. The third kappa shape index (κ3) is 5.21. The Bertz CT molecular complexity index is 874.